The van der Waals surface area contributed by atoms with Crippen molar-refractivity contribution in [2.24, 2.45) is 5.92 Å². The fourth-order valence-corrected chi connectivity index (χ4v) is 3.15. The Morgan fingerprint density at radius 3 is 2.62 bits per heavy atom. The van der Waals surface area contributed by atoms with E-state index in [1.165, 1.54) is 12.1 Å². The highest BCUT2D eigenvalue weighted by Crippen LogP contribution is 2.24. The molecule has 0 saturated carbocycles. The van der Waals surface area contributed by atoms with Crippen LogP contribution in [-0.4, -0.2) is 42.3 Å². The molecule has 5 heteroatoms. The van der Waals surface area contributed by atoms with E-state index < -0.39 is 5.60 Å². The van der Waals surface area contributed by atoms with Crippen molar-refractivity contribution >= 4 is 6.09 Å². The second-order valence-electron chi connectivity index (χ2n) is 7.47. The maximum atomic E-state index is 13.1. The minimum atomic E-state index is -0.468. The van der Waals surface area contributed by atoms with Gasteiger partial charge in [0.05, 0.1) is 0 Å². The van der Waals surface area contributed by atoms with Crippen molar-refractivity contribution in [3.63, 3.8) is 0 Å². The third kappa shape index (κ3) is 5.48. The third-order valence-corrected chi connectivity index (χ3v) is 4.28. The lowest BCUT2D eigenvalue weighted by Crippen LogP contribution is -2.41. The zero-order valence-corrected chi connectivity index (χ0v) is 15.1. The molecule has 0 spiro atoms. The Bertz CT molecular complexity index is 539. The molecule has 1 aromatic carbocycles. The predicted molar refractivity (Wildman–Crippen MR) is 93.5 cm³/mol. The number of hydrogen-bond acceptors (Lipinski definition) is 3. The van der Waals surface area contributed by atoms with E-state index in [0.717, 1.165) is 31.5 Å². The number of benzene rings is 1. The van der Waals surface area contributed by atoms with Crippen LogP contribution < -0.4 is 5.32 Å². The zero-order chi connectivity index (χ0) is 17.7. The summed E-state index contributed by atoms with van der Waals surface area (Å²) in [5, 5.41) is 3.52. The monoisotopic (exact) mass is 336 g/mol. The smallest absolute Gasteiger partial charge is 0.410 e. The van der Waals surface area contributed by atoms with Crippen LogP contribution >= 0.6 is 0 Å². The average Bonchev–Trinajstić information content (AvgIpc) is 2.97. The van der Waals surface area contributed by atoms with Crippen molar-refractivity contribution < 1.29 is 13.9 Å². The first-order valence-electron chi connectivity index (χ1n) is 8.74. The number of nitrogens with zero attached hydrogens (tertiary/aromatic N) is 1. The van der Waals surface area contributed by atoms with Gasteiger partial charge in [0.15, 0.2) is 0 Å². The molecule has 1 heterocycles. The van der Waals surface area contributed by atoms with Gasteiger partial charge in [0.2, 0.25) is 0 Å². The molecule has 2 rings (SSSR count). The van der Waals surface area contributed by atoms with Crippen molar-refractivity contribution in [3.8, 4) is 0 Å². The third-order valence-electron chi connectivity index (χ3n) is 4.28. The van der Waals surface area contributed by atoms with Crippen molar-refractivity contribution in [1.29, 1.82) is 0 Å². The molecule has 0 aromatic heterocycles. The molecular formula is C19H29FN2O2. The maximum Gasteiger partial charge on any atom is 0.410 e. The van der Waals surface area contributed by atoms with E-state index in [9.17, 15) is 9.18 Å². The van der Waals surface area contributed by atoms with Crippen LogP contribution in [-0.2, 0) is 11.2 Å². The molecule has 24 heavy (non-hydrogen) atoms. The second kappa shape index (κ2) is 7.97. The molecule has 0 aliphatic carbocycles. The molecule has 1 fully saturated rings. The van der Waals surface area contributed by atoms with Crippen LogP contribution in [0.3, 0.4) is 0 Å². The van der Waals surface area contributed by atoms with Gasteiger partial charge in [-0.15, -0.1) is 0 Å². The molecule has 0 bridgehead atoms. The van der Waals surface area contributed by atoms with Crippen LogP contribution in [0.15, 0.2) is 24.3 Å². The van der Waals surface area contributed by atoms with Gasteiger partial charge in [-0.1, -0.05) is 19.1 Å². The standard InChI is InChI=1S/C19H29FN2O2/c1-5-21-17(12-14-6-8-16(20)9-7-14)15-10-11-22(13-15)18(23)24-19(2,3)4/h6-9,15,17,21H,5,10-13H2,1-4H3. The molecule has 1 aromatic rings. The quantitative estimate of drug-likeness (QED) is 0.893. The number of halogens is 1. The fraction of sp³-hybridized carbons (Fsp3) is 0.632. The van der Waals surface area contributed by atoms with Crippen LogP contribution in [0.2, 0.25) is 0 Å². The summed E-state index contributed by atoms with van der Waals surface area (Å²) in [7, 11) is 0. The first-order valence-corrected chi connectivity index (χ1v) is 8.74. The van der Waals surface area contributed by atoms with Gasteiger partial charge < -0.3 is 15.0 Å². The first kappa shape index (κ1) is 18.7. The van der Waals surface area contributed by atoms with E-state index in [4.69, 9.17) is 4.74 Å². The summed E-state index contributed by atoms with van der Waals surface area (Å²) >= 11 is 0. The van der Waals surface area contributed by atoms with E-state index in [-0.39, 0.29) is 18.0 Å². The van der Waals surface area contributed by atoms with Crippen LogP contribution in [0.25, 0.3) is 0 Å². The highest BCUT2D eigenvalue weighted by Gasteiger charge is 2.33. The average molecular weight is 336 g/mol. The minimum Gasteiger partial charge on any atom is -0.444 e. The minimum absolute atomic E-state index is 0.212. The summed E-state index contributed by atoms with van der Waals surface area (Å²) in [4.78, 5) is 14.0. The van der Waals surface area contributed by atoms with Crippen molar-refractivity contribution in [3.05, 3.63) is 35.6 Å². The van der Waals surface area contributed by atoms with Gasteiger partial charge in [-0.3, -0.25) is 0 Å². The normalized spacial score (nSPS) is 19.4. The maximum absolute atomic E-state index is 13.1. The van der Waals surface area contributed by atoms with Gasteiger partial charge in [-0.05, 0) is 63.8 Å². The number of rotatable bonds is 5. The highest BCUT2D eigenvalue weighted by molar-refractivity contribution is 5.68. The van der Waals surface area contributed by atoms with Crippen LogP contribution in [0.4, 0.5) is 9.18 Å². The number of ether oxygens (including phenoxy) is 1. The molecule has 4 nitrogen and oxygen atoms in total. The van der Waals surface area contributed by atoms with E-state index in [1.807, 2.05) is 32.9 Å². The van der Waals surface area contributed by atoms with E-state index in [2.05, 4.69) is 12.2 Å². The predicted octanol–water partition coefficient (Wildman–Crippen LogP) is 3.60. The molecule has 1 amide bonds. The Kier molecular flexibility index (Phi) is 6.21. The second-order valence-corrected chi connectivity index (χ2v) is 7.47. The number of carbonyl (C=O) groups is 1. The lowest BCUT2D eigenvalue weighted by molar-refractivity contribution is 0.0285. The number of likely N-dealkylation sites (N-methyl/N-ethyl adjacent to an activating group) is 1. The van der Waals surface area contributed by atoms with Crippen molar-refractivity contribution in [1.82, 2.24) is 10.2 Å². The molecular weight excluding hydrogens is 307 g/mol. The SMILES string of the molecule is CCNC(Cc1ccc(F)cc1)C1CCN(C(=O)OC(C)(C)C)C1. The highest BCUT2D eigenvalue weighted by atomic mass is 19.1. The molecule has 1 aliphatic rings. The molecule has 1 N–H and O–H groups in total. The van der Waals surface area contributed by atoms with Gasteiger partial charge in [-0.2, -0.15) is 0 Å². The van der Waals surface area contributed by atoms with E-state index >= 15 is 0 Å². The zero-order valence-electron chi connectivity index (χ0n) is 15.1. The van der Waals surface area contributed by atoms with Gasteiger partial charge >= 0.3 is 6.09 Å². The Balaban J connectivity index is 1.96. The Morgan fingerprint density at radius 2 is 2.04 bits per heavy atom. The summed E-state index contributed by atoms with van der Waals surface area (Å²) in [6.07, 6.45) is 1.56. The number of amides is 1. The van der Waals surface area contributed by atoms with Crippen LogP contribution in [0, 0.1) is 11.7 Å². The van der Waals surface area contributed by atoms with Crippen molar-refractivity contribution in [2.45, 2.75) is 52.2 Å². The summed E-state index contributed by atoms with van der Waals surface area (Å²) < 4.78 is 18.5. The van der Waals surface area contributed by atoms with E-state index in [0.29, 0.717) is 12.5 Å². The van der Waals surface area contributed by atoms with Gasteiger partial charge in [0, 0.05) is 19.1 Å². The largest absolute Gasteiger partial charge is 0.444 e. The van der Waals surface area contributed by atoms with Crippen LogP contribution in [0.5, 0.6) is 0 Å². The first-order chi connectivity index (χ1) is 11.3. The molecule has 1 saturated heterocycles. The molecule has 0 radical (unpaired) electrons. The number of carbonyl (C=O) groups excluding carboxylic acids is 1. The van der Waals surface area contributed by atoms with E-state index in [1.54, 1.807) is 4.90 Å². The Hall–Kier alpha value is -1.62. The number of nitrogens with one attached hydrogen (secondary N) is 1. The van der Waals surface area contributed by atoms with Gasteiger partial charge in [0.1, 0.15) is 11.4 Å². The topological polar surface area (TPSA) is 41.6 Å². The lowest BCUT2D eigenvalue weighted by atomic mass is 9.92. The van der Waals surface area contributed by atoms with Gasteiger partial charge in [0.25, 0.3) is 0 Å². The lowest BCUT2D eigenvalue weighted by Gasteiger charge is -2.27. The summed E-state index contributed by atoms with van der Waals surface area (Å²) in [6, 6.07) is 6.94. The number of hydrogen-bond donors (Lipinski definition) is 1. The fourth-order valence-electron chi connectivity index (χ4n) is 3.15. The molecule has 134 valence electrons. The Morgan fingerprint density at radius 1 is 1.38 bits per heavy atom. The number of likely N-dealkylation sites (tertiary alicyclic amines) is 1. The summed E-state index contributed by atoms with van der Waals surface area (Å²) in [6.45, 7) is 10.0. The van der Waals surface area contributed by atoms with Crippen molar-refractivity contribution in [2.75, 3.05) is 19.6 Å². The summed E-state index contributed by atoms with van der Waals surface area (Å²) in [5.41, 5.74) is 0.641. The van der Waals surface area contributed by atoms with Gasteiger partial charge in [-0.25, -0.2) is 9.18 Å². The summed E-state index contributed by atoms with van der Waals surface area (Å²) in [5.74, 6) is 0.165. The molecule has 1 aliphatic heterocycles. The van der Waals surface area contributed by atoms with Crippen LogP contribution in [0.1, 0.15) is 39.7 Å². The molecule has 2 atom stereocenters. The molecule has 2 unspecified atom stereocenters. The Labute approximate surface area is 144 Å².